The monoisotopic (exact) mass is 441 g/mol. The van der Waals surface area contributed by atoms with Crippen molar-refractivity contribution in [2.24, 2.45) is 0 Å². The van der Waals surface area contributed by atoms with Crippen LogP contribution in [-0.2, 0) is 5.41 Å². The molecule has 0 amide bonds. The molecule has 1 aliphatic heterocycles. The number of hydrogen-bond donors (Lipinski definition) is 2. The van der Waals surface area contributed by atoms with Crippen molar-refractivity contribution in [1.82, 2.24) is 4.90 Å². The normalized spacial score (nSPS) is 15.9. The average molecular weight is 442 g/mol. The van der Waals surface area contributed by atoms with Crippen molar-refractivity contribution >= 4 is 5.57 Å². The van der Waals surface area contributed by atoms with Crippen LogP contribution in [0.3, 0.4) is 0 Å². The molecule has 0 saturated carbocycles. The second kappa shape index (κ2) is 9.94. The second-order valence-corrected chi connectivity index (χ2v) is 10.1. The zero-order valence-electron chi connectivity index (χ0n) is 20.0. The largest absolute Gasteiger partial charge is 0.508 e. The molecule has 0 aliphatic carbocycles. The fraction of sp³-hybridized carbons (Fsp3) is 0.333. The third-order valence-electron chi connectivity index (χ3n) is 6.58. The van der Waals surface area contributed by atoms with E-state index in [9.17, 15) is 10.2 Å². The highest BCUT2D eigenvalue weighted by atomic mass is 16.3. The fourth-order valence-corrected chi connectivity index (χ4v) is 4.78. The SMILES string of the molecule is CC(C)(C)c1ccc(C(O)CN2CCC(=C(c3ccccc3)c3ccccc3)CC2)cc1O. The third kappa shape index (κ3) is 5.55. The average Bonchev–Trinajstić information content (AvgIpc) is 2.81. The minimum absolute atomic E-state index is 0.127. The Morgan fingerprint density at radius 3 is 1.88 bits per heavy atom. The van der Waals surface area contributed by atoms with Gasteiger partial charge in [-0.05, 0) is 52.1 Å². The maximum atomic E-state index is 10.9. The fourth-order valence-electron chi connectivity index (χ4n) is 4.78. The quantitative estimate of drug-likeness (QED) is 0.487. The Morgan fingerprint density at radius 1 is 0.848 bits per heavy atom. The van der Waals surface area contributed by atoms with E-state index in [2.05, 4.69) is 86.3 Å². The molecule has 1 heterocycles. The highest BCUT2D eigenvalue weighted by Gasteiger charge is 2.23. The van der Waals surface area contributed by atoms with Crippen molar-refractivity contribution < 1.29 is 10.2 Å². The van der Waals surface area contributed by atoms with Crippen molar-refractivity contribution in [3.05, 3.63) is 107 Å². The van der Waals surface area contributed by atoms with Crippen LogP contribution in [0.15, 0.2) is 84.4 Å². The van der Waals surface area contributed by atoms with E-state index in [1.165, 1.54) is 22.3 Å². The molecule has 1 fully saturated rings. The Hall–Kier alpha value is -2.88. The highest BCUT2D eigenvalue weighted by molar-refractivity contribution is 5.82. The molecule has 4 rings (SSSR count). The minimum Gasteiger partial charge on any atom is -0.508 e. The van der Waals surface area contributed by atoms with Crippen LogP contribution in [-0.4, -0.2) is 34.7 Å². The zero-order valence-corrected chi connectivity index (χ0v) is 20.0. The van der Waals surface area contributed by atoms with Crippen LogP contribution in [0.5, 0.6) is 5.75 Å². The summed E-state index contributed by atoms with van der Waals surface area (Å²) in [5.74, 6) is 0.262. The predicted molar refractivity (Wildman–Crippen MR) is 136 cm³/mol. The molecule has 2 N–H and O–H groups in total. The highest BCUT2D eigenvalue weighted by Crippen LogP contribution is 2.34. The molecular formula is C30H35NO2. The van der Waals surface area contributed by atoms with Crippen molar-refractivity contribution in [1.29, 1.82) is 0 Å². The molecule has 0 aromatic heterocycles. The van der Waals surface area contributed by atoms with E-state index in [4.69, 9.17) is 0 Å². The van der Waals surface area contributed by atoms with Crippen LogP contribution < -0.4 is 0 Å². The van der Waals surface area contributed by atoms with Gasteiger partial charge in [-0.1, -0.05) is 99.1 Å². The summed E-state index contributed by atoms with van der Waals surface area (Å²) in [4.78, 5) is 2.33. The van der Waals surface area contributed by atoms with Crippen molar-refractivity contribution in [3.63, 3.8) is 0 Å². The summed E-state index contributed by atoms with van der Waals surface area (Å²) >= 11 is 0. The summed E-state index contributed by atoms with van der Waals surface area (Å²) in [6.07, 6.45) is 1.36. The lowest BCUT2D eigenvalue weighted by Crippen LogP contribution is -2.34. The van der Waals surface area contributed by atoms with Crippen LogP contribution in [0.1, 0.15) is 62.0 Å². The number of aromatic hydroxyl groups is 1. The Labute approximate surface area is 198 Å². The summed E-state index contributed by atoms with van der Waals surface area (Å²) in [5.41, 5.74) is 6.91. The molecule has 33 heavy (non-hydrogen) atoms. The molecule has 3 nitrogen and oxygen atoms in total. The third-order valence-corrected chi connectivity index (χ3v) is 6.58. The Morgan fingerprint density at radius 2 is 1.39 bits per heavy atom. The van der Waals surface area contributed by atoms with Crippen LogP contribution in [0.25, 0.3) is 5.57 Å². The standard InChI is InChI=1S/C30H35NO2/c1-30(2,3)26-15-14-25(20-27(26)32)28(33)21-31-18-16-24(17-19-31)29(22-10-6-4-7-11-22)23-12-8-5-9-13-23/h4-15,20,28,32-33H,16-19,21H2,1-3H3. The van der Waals surface area contributed by atoms with Gasteiger partial charge in [-0.25, -0.2) is 0 Å². The number of phenols is 1. The summed E-state index contributed by atoms with van der Waals surface area (Å²) in [6.45, 7) is 8.65. The van der Waals surface area contributed by atoms with Crippen molar-refractivity contribution in [2.75, 3.05) is 19.6 Å². The molecule has 3 aromatic rings. The van der Waals surface area contributed by atoms with Gasteiger partial charge in [-0.2, -0.15) is 0 Å². The first kappa shape index (κ1) is 23.3. The van der Waals surface area contributed by atoms with E-state index in [-0.39, 0.29) is 11.2 Å². The summed E-state index contributed by atoms with van der Waals surface area (Å²) < 4.78 is 0. The van der Waals surface area contributed by atoms with Gasteiger partial charge in [-0.15, -0.1) is 0 Å². The molecule has 1 unspecified atom stereocenters. The first-order valence-electron chi connectivity index (χ1n) is 11.9. The second-order valence-electron chi connectivity index (χ2n) is 10.1. The molecule has 1 aliphatic rings. The molecule has 3 aromatic carbocycles. The molecule has 172 valence electrons. The van der Waals surface area contributed by atoms with Gasteiger partial charge in [0.05, 0.1) is 6.10 Å². The van der Waals surface area contributed by atoms with E-state index < -0.39 is 6.10 Å². The number of piperidine rings is 1. The summed E-state index contributed by atoms with van der Waals surface area (Å²) in [6, 6.07) is 26.9. The molecule has 1 atom stereocenters. The molecule has 1 saturated heterocycles. The van der Waals surface area contributed by atoms with E-state index in [0.717, 1.165) is 37.1 Å². The molecule has 3 heteroatoms. The van der Waals surface area contributed by atoms with Crippen LogP contribution in [0.4, 0.5) is 0 Å². The zero-order chi connectivity index (χ0) is 23.4. The van der Waals surface area contributed by atoms with Gasteiger partial charge in [0.15, 0.2) is 0 Å². The van der Waals surface area contributed by atoms with Gasteiger partial charge < -0.3 is 10.2 Å². The maximum absolute atomic E-state index is 10.9. The van der Waals surface area contributed by atoms with Crippen molar-refractivity contribution in [2.45, 2.75) is 45.1 Å². The molecule has 0 bridgehead atoms. The first-order valence-corrected chi connectivity index (χ1v) is 11.9. The van der Waals surface area contributed by atoms with Gasteiger partial charge in [0.2, 0.25) is 0 Å². The number of benzene rings is 3. The topological polar surface area (TPSA) is 43.7 Å². The molecular weight excluding hydrogens is 406 g/mol. The number of nitrogens with zero attached hydrogens (tertiary/aromatic N) is 1. The number of hydrogen-bond acceptors (Lipinski definition) is 3. The van der Waals surface area contributed by atoms with E-state index in [1.54, 1.807) is 6.07 Å². The van der Waals surface area contributed by atoms with Gasteiger partial charge >= 0.3 is 0 Å². The smallest absolute Gasteiger partial charge is 0.119 e. The summed E-state index contributed by atoms with van der Waals surface area (Å²) in [5, 5.41) is 21.3. The number of likely N-dealkylation sites (tertiary alicyclic amines) is 1. The van der Waals surface area contributed by atoms with Crippen molar-refractivity contribution in [3.8, 4) is 5.75 Å². The summed E-state index contributed by atoms with van der Waals surface area (Å²) in [7, 11) is 0. The number of phenolic OH excluding ortho intramolecular Hbond substituents is 1. The Bertz CT molecular complexity index is 1050. The van der Waals surface area contributed by atoms with Gasteiger partial charge in [-0.3, -0.25) is 4.90 Å². The van der Waals surface area contributed by atoms with Crippen LogP contribution in [0, 0.1) is 0 Å². The van der Waals surface area contributed by atoms with Gasteiger partial charge in [0.25, 0.3) is 0 Å². The lowest BCUT2D eigenvalue weighted by Gasteiger charge is -2.32. The first-order chi connectivity index (χ1) is 15.8. The van der Waals surface area contributed by atoms with Gasteiger partial charge in [0.1, 0.15) is 5.75 Å². The number of rotatable bonds is 5. The van der Waals surface area contributed by atoms with Crippen LogP contribution in [0.2, 0.25) is 0 Å². The predicted octanol–water partition coefficient (Wildman–Crippen LogP) is 6.32. The minimum atomic E-state index is -0.613. The van der Waals surface area contributed by atoms with Crippen LogP contribution >= 0.6 is 0 Å². The Balaban J connectivity index is 1.48. The van der Waals surface area contributed by atoms with E-state index in [0.29, 0.717) is 6.54 Å². The number of β-amino-alcohol motifs (C(OH)–C–C–N with tert-alkyl or cyclic N) is 1. The Kier molecular flexibility index (Phi) is 7.02. The molecule has 0 radical (unpaired) electrons. The maximum Gasteiger partial charge on any atom is 0.119 e. The number of aliphatic hydroxyl groups excluding tert-OH is 1. The lowest BCUT2D eigenvalue weighted by atomic mass is 9.85. The van der Waals surface area contributed by atoms with Gasteiger partial charge in [0, 0.05) is 19.6 Å². The van der Waals surface area contributed by atoms with E-state index in [1.807, 2.05) is 12.1 Å². The number of aliphatic hydroxyl groups is 1. The van der Waals surface area contributed by atoms with E-state index >= 15 is 0 Å². The molecule has 0 spiro atoms. The lowest BCUT2D eigenvalue weighted by molar-refractivity contribution is 0.108.